The van der Waals surface area contributed by atoms with E-state index < -0.39 is 0 Å². The molecule has 1 aromatic heterocycles. The summed E-state index contributed by atoms with van der Waals surface area (Å²) in [6, 6.07) is 8.45. The normalized spacial score (nSPS) is 12.6. The molecule has 2 aromatic rings. The Kier molecular flexibility index (Phi) is 5.04. The molecule has 0 bridgehead atoms. The smallest absolute Gasteiger partial charge is 0.175 e. The number of hydrogen-bond donors (Lipinski definition) is 1. The molecule has 2 rings (SSSR count). The molecule has 0 aliphatic carbocycles. The molecule has 19 heavy (non-hydrogen) atoms. The Hall–Kier alpha value is -1.27. The molecule has 1 heterocycles. The Balaban J connectivity index is 2.01. The number of aryl methyl sites for hydroxylation is 1. The summed E-state index contributed by atoms with van der Waals surface area (Å²) in [5, 5.41) is 15.4. The topological polar surface area (TPSA) is 55.6 Å². The molecular weight excluding hydrogens is 306 g/mol. The van der Waals surface area contributed by atoms with E-state index >= 15 is 0 Å². The Labute approximate surface area is 121 Å². The van der Waals surface area contributed by atoms with E-state index in [9.17, 15) is 0 Å². The summed E-state index contributed by atoms with van der Waals surface area (Å²) >= 11 is 3.46. The molecule has 102 valence electrons. The minimum atomic E-state index is 0.468. The summed E-state index contributed by atoms with van der Waals surface area (Å²) in [6.07, 6.45) is 1.84. The van der Waals surface area contributed by atoms with Gasteiger partial charge < -0.3 is 5.32 Å². The zero-order valence-electron chi connectivity index (χ0n) is 11.2. The molecule has 0 spiro atoms. The molecule has 1 atom stereocenters. The van der Waals surface area contributed by atoms with E-state index in [4.69, 9.17) is 0 Å². The summed E-state index contributed by atoms with van der Waals surface area (Å²) < 4.78 is 1.11. The summed E-state index contributed by atoms with van der Waals surface area (Å²) in [7, 11) is 3.76. The van der Waals surface area contributed by atoms with E-state index in [1.54, 1.807) is 7.05 Å². The summed E-state index contributed by atoms with van der Waals surface area (Å²) in [5.41, 5.74) is 1.33. The minimum Gasteiger partial charge on any atom is -0.319 e. The predicted octanol–water partition coefficient (Wildman–Crippen LogP) is 1.59. The van der Waals surface area contributed by atoms with Crippen LogP contribution < -0.4 is 5.32 Å². The average Bonchev–Trinajstić information content (AvgIpc) is 2.78. The number of hydrogen-bond acceptors (Lipinski definition) is 4. The van der Waals surface area contributed by atoms with Crippen molar-refractivity contribution in [2.24, 2.45) is 13.0 Å². The molecule has 0 saturated heterocycles. The van der Waals surface area contributed by atoms with Crippen LogP contribution in [-0.2, 0) is 19.9 Å². The van der Waals surface area contributed by atoms with Crippen molar-refractivity contribution in [1.29, 1.82) is 0 Å². The van der Waals surface area contributed by atoms with Crippen molar-refractivity contribution in [2.45, 2.75) is 12.8 Å². The molecule has 5 nitrogen and oxygen atoms in total. The van der Waals surface area contributed by atoms with Crippen LogP contribution in [0.4, 0.5) is 0 Å². The zero-order valence-corrected chi connectivity index (χ0v) is 12.8. The number of nitrogens with zero attached hydrogens (tertiary/aromatic N) is 4. The monoisotopic (exact) mass is 323 g/mol. The first-order valence-electron chi connectivity index (χ1n) is 6.29. The number of rotatable bonds is 6. The molecule has 0 fully saturated rings. The first-order chi connectivity index (χ1) is 9.17. The summed E-state index contributed by atoms with van der Waals surface area (Å²) in [6.45, 7) is 0.939. The van der Waals surface area contributed by atoms with Crippen molar-refractivity contribution in [3.05, 3.63) is 40.1 Å². The highest BCUT2D eigenvalue weighted by atomic mass is 79.9. The number of nitrogens with one attached hydrogen (secondary N) is 1. The molecule has 0 aliphatic heterocycles. The van der Waals surface area contributed by atoms with Gasteiger partial charge in [0, 0.05) is 10.9 Å². The number of halogens is 1. The standard InChI is InChI=1S/C13H18BrN5/c1-15-9-11(8-13-16-18-19(2)17-13)7-10-3-5-12(14)6-4-10/h3-6,11,15H,7-9H2,1-2H3. The first kappa shape index (κ1) is 14.1. The average molecular weight is 324 g/mol. The van der Waals surface area contributed by atoms with Crippen LogP contribution in [0.3, 0.4) is 0 Å². The first-order valence-corrected chi connectivity index (χ1v) is 7.08. The van der Waals surface area contributed by atoms with Crippen LogP contribution in [-0.4, -0.2) is 33.8 Å². The van der Waals surface area contributed by atoms with Gasteiger partial charge >= 0.3 is 0 Å². The van der Waals surface area contributed by atoms with Crippen LogP contribution in [0.2, 0.25) is 0 Å². The largest absolute Gasteiger partial charge is 0.319 e. The van der Waals surface area contributed by atoms with Gasteiger partial charge in [-0.05, 0) is 48.8 Å². The maximum absolute atomic E-state index is 4.25. The lowest BCUT2D eigenvalue weighted by molar-refractivity contribution is 0.481. The Bertz CT molecular complexity index is 508. The highest BCUT2D eigenvalue weighted by Crippen LogP contribution is 2.15. The van der Waals surface area contributed by atoms with Gasteiger partial charge in [-0.1, -0.05) is 28.1 Å². The van der Waals surface area contributed by atoms with Crippen LogP contribution in [0.25, 0.3) is 0 Å². The lowest BCUT2D eigenvalue weighted by atomic mass is 9.96. The maximum Gasteiger partial charge on any atom is 0.175 e. The van der Waals surface area contributed by atoms with E-state index in [2.05, 4.69) is 60.9 Å². The fourth-order valence-corrected chi connectivity index (χ4v) is 2.39. The van der Waals surface area contributed by atoms with Gasteiger partial charge in [-0.2, -0.15) is 4.80 Å². The molecule has 1 aromatic carbocycles. The van der Waals surface area contributed by atoms with Crippen LogP contribution in [0.5, 0.6) is 0 Å². The number of tetrazole rings is 1. The van der Waals surface area contributed by atoms with Gasteiger partial charge in [-0.25, -0.2) is 0 Å². The van der Waals surface area contributed by atoms with Crippen LogP contribution in [0.1, 0.15) is 11.4 Å². The van der Waals surface area contributed by atoms with E-state index in [-0.39, 0.29) is 0 Å². The summed E-state index contributed by atoms with van der Waals surface area (Å²) in [4.78, 5) is 1.51. The quantitative estimate of drug-likeness (QED) is 0.877. The second-order valence-electron chi connectivity index (χ2n) is 4.65. The molecule has 6 heteroatoms. The Morgan fingerprint density at radius 3 is 2.58 bits per heavy atom. The van der Waals surface area contributed by atoms with Crippen molar-refractivity contribution in [3.8, 4) is 0 Å². The van der Waals surface area contributed by atoms with Crippen LogP contribution >= 0.6 is 15.9 Å². The third-order valence-corrected chi connectivity index (χ3v) is 3.48. The Morgan fingerprint density at radius 2 is 2.00 bits per heavy atom. The number of aromatic nitrogens is 4. The minimum absolute atomic E-state index is 0.468. The van der Waals surface area contributed by atoms with Gasteiger partial charge in [0.25, 0.3) is 0 Å². The highest BCUT2D eigenvalue weighted by Gasteiger charge is 2.13. The van der Waals surface area contributed by atoms with E-state index in [0.29, 0.717) is 5.92 Å². The molecular formula is C13H18BrN5. The van der Waals surface area contributed by atoms with Crippen molar-refractivity contribution < 1.29 is 0 Å². The van der Waals surface area contributed by atoms with Gasteiger partial charge in [0.05, 0.1) is 7.05 Å². The van der Waals surface area contributed by atoms with Gasteiger partial charge in [-0.15, -0.1) is 10.2 Å². The molecule has 0 amide bonds. The Morgan fingerprint density at radius 1 is 1.26 bits per heavy atom. The van der Waals surface area contributed by atoms with Crippen molar-refractivity contribution in [1.82, 2.24) is 25.5 Å². The van der Waals surface area contributed by atoms with E-state index in [1.807, 2.05) is 7.05 Å². The van der Waals surface area contributed by atoms with Crippen molar-refractivity contribution >= 4 is 15.9 Å². The van der Waals surface area contributed by atoms with E-state index in [0.717, 1.165) is 29.7 Å². The van der Waals surface area contributed by atoms with Gasteiger partial charge in [-0.3, -0.25) is 0 Å². The molecule has 1 N–H and O–H groups in total. The van der Waals surface area contributed by atoms with Gasteiger partial charge in [0.1, 0.15) is 0 Å². The van der Waals surface area contributed by atoms with Crippen LogP contribution in [0, 0.1) is 5.92 Å². The molecule has 0 aliphatic rings. The SMILES string of the molecule is CNCC(Cc1ccc(Br)cc1)Cc1nnn(C)n1. The molecule has 0 saturated carbocycles. The summed E-state index contributed by atoms with van der Waals surface area (Å²) in [5.74, 6) is 1.27. The van der Waals surface area contributed by atoms with E-state index in [1.165, 1.54) is 10.4 Å². The second kappa shape index (κ2) is 6.77. The third kappa shape index (κ3) is 4.40. The van der Waals surface area contributed by atoms with Crippen molar-refractivity contribution in [2.75, 3.05) is 13.6 Å². The number of benzene rings is 1. The fraction of sp³-hybridized carbons (Fsp3) is 0.462. The lowest BCUT2D eigenvalue weighted by Gasteiger charge is -2.14. The highest BCUT2D eigenvalue weighted by molar-refractivity contribution is 9.10. The fourth-order valence-electron chi connectivity index (χ4n) is 2.12. The maximum atomic E-state index is 4.25. The van der Waals surface area contributed by atoms with Gasteiger partial charge in [0.2, 0.25) is 0 Å². The van der Waals surface area contributed by atoms with Crippen molar-refractivity contribution in [3.63, 3.8) is 0 Å². The predicted molar refractivity (Wildman–Crippen MR) is 77.8 cm³/mol. The van der Waals surface area contributed by atoms with Crippen LogP contribution in [0.15, 0.2) is 28.7 Å². The zero-order chi connectivity index (χ0) is 13.7. The molecule has 0 radical (unpaired) electrons. The lowest BCUT2D eigenvalue weighted by Crippen LogP contribution is -2.23. The third-order valence-electron chi connectivity index (χ3n) is 2.95. The second-order valence-corrected chi connectivity index (χ2v) is 5.57. The van der Waals surface area contributed by atoms with Gasteiger partial charge in [0.15, 0.2) is 5.82 Å². The molecule has 1 unspecified atom stereocenters.